The first-order valence-electron chi connectivity index (χ1n) is 4.88. The molecular weight excluding hydrogens is 270 g/mol. The molecule has 0 saturated carbocycles. The Balaban J connectivity index is 2.31. The van der Waals surface area contributed by atoms with Gasteiger partial charge in [-0.1, -0.05) is 38.1 Å². The zero-order valence-corrected chi connectivity index (χ0v) is 11.1. The molecule has 1 aromatic heterocycles. The molecule has 0 N–H and O–H groups in total. The van der Waals surface area contributed by atoms with Gasteiger partial charge in [-0.25, -0.2) is 4.98 Å². The summed E-state index contributed by atoms with van der Waals surface area (Å²) in [5.74, 6) is 0.585. The maximum Gasteiger partial charge on any atom is 0.124 e. The van der Waals surface area contributed by atoms with Crippen molar-refractivity contribution in [1.29, 1.82) is 0 Å². The average Bonchev–Trinajstić information content (AvgIpc) is 2.65. The molecule has 0 aliphatic carbocycles. The van der Waals surface area contributed by atoms with Crippen LogP contribution in [0.2, 0.25) is 0 Å². The van der Waals surface area contributed by atoms with E-state index in [4.69, 9.17) is 0 Å². The summed E-state index contributed by atoms with van der Waals surface area (Å²) in [7, 11) is 0. The Morgan fingerprint density at radius 3 is 2.33 bits per heavy atom. The standard InChI is InChI=1S/C12H12BrNS/c1-8(2)9-3-5-10(6-4-9)12-14-7-11(13)15-12/h3-8H,1-2H3. The van der Waals surface area contributed by atoms with E-state index < -0.39 is 0 Å². The Hall–Kier alpha value is -0.670. The lowest BCUT2D eigenvalue weighted by molar-refractivity contribution is 0.867. The number of benzene rings is 1. The minimum absolute atomic E-state index is 0.585. The molecule has 0 aliphatic heterocycles. The van der Waals surface area contributed by atoms with Gasteiger partial charge in [-0.05, 0) is 27.4 Å². The van der Waals surface area contributed by atoms with E-state index in [2.05, 4.69) is 59.0 Å². The van der Waals surface area contributed by atoms with Gasteiger partial charge in [0.15, 0.2) is 0 Å². The highest BCUT2D eigenvalue weighted by molar-refractivity contribution is 9.11. The van der Waals surface area contributed by atoms with E-state index in [0.717, 1.165) is 8.79 Å². The molecule has 0 fully saturated rings. The summed E-state index contributed by atoms with van der Waals surface area (Å²) in [5.41, 5.74) is 2.56. The van der Waals surface area contributed by atoms with E-state index in [1.165, 1.54) is 11.1 Å². The highest BCUT2D eigenvalue weighted by atomic mass is 79.9. The number of halogens is 1. The SMILES string of the molecule is CC(C)c1ccc(-c2ncc(Br)s2)cc1. The van der Waals surface area contributed by atoms with Crippen molar-refractivity contribution < 1.29 is 0 Å². The van der Waals surface area contributed by atoms with Crippen LogP contribution in [0, 0.1) is 0 Å². The Bertz CT molecular complexity index is 445. The van der Waals surface area contributed by atoms with Gasteiger partial charge >= 0.3 is 0 Å². The molecule has 0 radical (unpaired) electrons. The Labute approximate surface area is 102 Å². The Morgan fingerprint density at radius 1 is 1.20 bits per heavy atom. The summed E-state index contributed by atoms with van der Waals surface area (Å²) in [6.07, 6.45) is 1.84. The van der Waals surface area contributed by atoms with Crippen LogP contribution in [0.5, 0.6) is 0 Å². The molecule has 1 aromatic carbocycles. The fraction of sp³-hybridized carbons (Fsp3) is 0.250. The minimum atomic E-state index is 0.585. The van der Waals surface area contributed by atoms with Crippen molar-refractivity contribution in [2.24, 2.45) is 0 Å². The second kappa shape index (κ2) is 4.45. The van der Waals surface area contributed by atoms with Crippen molar-refractivity contribution in [3.63, 3.8) is 0 Å². The fourth-order valence-electron chi connectivity index (χ4n) is 1.40. The van der Waals surface area contributed by atoms with Gasteiger partial charge in [0, 0.05) is 5.56 Å². The maximum atomic E-state index is 4.33. The summed E-state index contributed by atoms with van der Waals surface area (Å²) >= 11 is 5.08. The maximum absolute atomic E-state index is 4.33. The van der Waals surface area contributed by atoms with E-state index in [1.54, 1.807) is 11.3 Å². The van der Waals surface area contributed by atoms with Gasteiger partial charge < -0.3 is 0 Å². The summed E-state index contributed by atoms with van der Waals surface area (Å²) in [5, 5.41) is 1.07. The predicted molar refractivity (Wildman–Crippen MR) is 69.3 cm³/mol. The second-order valence-corrected chi connectivity index (χ2v) is 6.16. The van der Waals surface area contributed by atoms with Crippen LogP contribution in [0.25, 0.3) is 10.6 Å². The molecule has 0 bridgehead atoms. The van der Waals surface area contributed by atoms with E-state index in [-0.39, 0.29) is 0 Å². The van der Waals surface area contributed by atoms with Crippen molar-refractivity contribution in [3.8, 4) is 10.6 Å². The van der Waals surface area contributed by atoms with Gasteiger partial charge in [0.1, 0.15) is 5.01 Å². The topological polar surface area (TPSA) is 12.9 Å². The molecule has 1 nitrogen and oxygen atoms in total. The number of nitrogens with zero attached hydrogens (tertiary/aromatic N) is 1. The van der Waals surface area contributed by atoms with Crippen LogP contribution in [-0.4, -0.2) is 4.98 Å². The first-order chi connectivity index (χ1) is 7.16. The zero-order valence-electron chi connectivity index (χ0n) is 8.70. The molecule has 15 heavy (non-hydrogen) atoms. The normalized spacial score (nSPS) is 10.9. The molecule has 0 aliphatic rings. The van der Waals surface area contributed by atoms with E-state index >= 15 is 0 Å². The molecule has 2 rings (SSSR count). The van der Waals surface area contributed by atoms with Crippen LogP contribution in [-0.2, 0) is 0 Å². The van der Waals surface area contributed by atoms with E-state index in [0.29, 0.717) is 5.92 Å². The molecule has 0 saturated heterocycles. The van der Waals surface area contributed by atoms with Crippen LogP contribution in [0.4, 0.5) is 0 Å². The van der Waals surface area contributed by atoms with Crippen LogP contribution >= 0.6 is 27.3 Å². The van der Waals surface area contributed by atoms with Gasteiger partial charge in [0.25, 0.3) is 0 Å². The molecule has 0 amide bonds. The Kier molecular flexibility index (Phi) is 3.22. The van der Waals surface area contributed by atoms with Crippen LogP contribution in [0.3, 0.4) is 0 Å². The lowest BCUT2D eigenvalue weighted by Crippen LogP contribution is -1.86. The monoisotopic (exact) mass is 281 g/mol. The van der Waals surface area contributed by atoms with Gasteiger partial charge in [-0.3, -0.25) is 0 Å². The number of thiazole rings is 1. The third kappa shape index (κ3) is 2.47. The molecule has 0 unspecified atom stereocenters. The van der Waals surface area contributed by atoms with Gasteiger partial charge in [0.05, 0.1) is 9.98 Å². The second-order valence-electron chi connectivity index (χ2n) is 3.75. The largest absolute Gasteiger partial charge is 0.243 e. The lowest BCUT2D eigenvalue weighted by atomic mass is 10.0. The van der Waals surface area contributed by atoms with Crippen LogP contribution < -0.4 is 0 Å². The molecule has 78 valence electrons. The predicted octanol–water partition coefficient (Wildman–Crippen LogP) is 4.70. The quantitative estimate of drug-likeness (QED) is 0.778. The van der Waals surface area contributed by atoms with E-state index in [1.807, 2.05) is 6.20 Å². The van der Waals surface area contributed by atoms with Crippen molar-refractivity contribution in [1.82, 2.24) is 4.98 Å². The highest BCUT2D eigenvalue weighted by Crippen LogP contribution is 2.29. The third-order valence-corrected chi connectivity index (χ3v) is 3.83. The Morgan fingerprint density at radius 2 is 1.87 bits per heavy atom. The van der Waals surface area contributed by atoms with Crippen molar-refractivity contribution in [3.05, 3.63) is 39.8 Å². The highest BCUT2D eigenvalue weighted by Gasteiger charge is 2.04. The first-order valence-corrected chi connectivity index (χ1v) is 6.49. The average molecular weight is 282 g/mol. The van der Waals surface area contributed by atoms with Crippen molar-refractivity contribution in [2.75, 3.05) is 0 Å². The van der Waals surface area contributed by atoms with Gasteiger partial charge in [-0.15, -0.1) is 11.3 Å². The first kappa shape index (κ1) is 10.8. The van der Waals surface area contributed by atoms with E-state index in [9.17, 15) is 0 Å². The van der Waals surface area contributed by atoms with Crippen molar-refractivity contribution in [2.45, 2.75) is 19.8 Å². The minimum Gasteiger partial charge on any atom is -0.243 e. The zero-order chi connectivity index (χ0) is 10.8. The lowest BCUT2D eigenvalue weighted by Gasteiger charge is -2.05. The number of hydrogen-bond acceptors (Lipinski definition) is 2. The van der Waals surface area contributed by atoms with Crippen LogP contribution in [0.1, 0.15) is 25.3 Å². The number of rotatable bonds is 2. The summed E-state index contributed by atoms with van der Waals surface area (Å²) in [6.45, 7) is 4.41. The van der Waals surface area contributed by atoms with Gasteiger partial charge in [-0.2, -0.15) is 0 Å². The van der Waals surface area contributed by atoms with Gasteiger partial charge in [0.2, 0.25) is 0 Å². The molecule has 2 aromatic rings. The molecule has 0 atom stereocenters. The summed E-state index contributed by atoms with van der Waals surface area (Å²) < 4.78 is 1.07. The molecular formula is C12H12BrNS. The number of aromatic nitrogens is 1. The number of hydrogen-bond donors (Lipinski definition) is 0. The van der Waals surface area contributed by atoms with Crippen LogP contribution in [0.15, 0.2) is 34.2 Å². The summed E-state index contributed by atoms with van der Waals surface area (Å²) in [6, 6.07) is 8.63. The fourth-order valence-corrected chi connectivity index (χ4v) is 2.61. The smallest absolute Gasteiger partial charge is 0.124 e. The molecule has 1 heterocycles. The molecule has 0 spiro atoms. The third-order valence-electron chi connectivity index (χ3n) is 2.30. The molecule has 3 heteroatoms. The van der Waals surface area contributed by atoms with Crippen molar-refractivity contribution >= 4 is 27.3 Å². The summed E-state index contributed by atoms with van der Waals surface area (Å²) in [4.78, 5) is 4.33.